The van der Waals surface area contributed by atoms with Gasteiger partial charge in [0, 0.05) is 36.5 Å². The molecule has 258 valence electrons. The normalized spacial score (nSPS) is 19.4. The molecule has 47 heavy (non-hydrogen) atoms. The maximum atomic E-state index is 13.2. The first-order valence-electron chi connectivity index (χ1n) is 17.0. The van der Waals surface area contributed by atoms with Crippen molar-refractivity contribution in [2.24, 2.45) is 5.92 Å². The number of ether oxygens (including phenoxy) is 2. The molecule has 1 aromatic carbocycles. The van der Waals surface area contributed by atoms with Gasteiger partial charge >= 0.3 is 0 Å². The van der Waals surface area contributed by atoms with E-state index in [1.54, 1.807) is 12.0 Å². The third-order valence-electron chi connectivity index (χ3n) is 10.4. The van der Waals surface area contributed by atoms with E-state index in [1.807, 2.05) is 24.5 Å². The first-order valence-corrected chi connectivity index (χ1v) is 23.6. The second-order valence-corrected chi connectivity index (χ2v) is 26.7. The second kappa shape index (κ2) is 13.6. The molecule has 2 aromatic heterocycles. The van der Waals surface area contributed by atoms with Crippen molar-refractivity contribution in [1.29, 1.82) is 0 Å². The minimum atomic E-state index is -2.26. The number of fused-ring (bicyclic) bond motifs is 1. The lowest BCUT2D eigenvalue weighted by Gasteiger charge is -2.39. The molecular formula is C35H54N4O5SSi2. The SMILES string of the molecule is COCN(C(=O)C1CC1)c1nc2ccc(-c3cnc(CO[C@H]4CCCC4O[Si](C)(C)C(C)(C)C)nc3)c(O[Si](C)(C)C(C)(C)C)c2s1. The Hall–Kier alpha value is -2.23. The molecule has 1 amide bonds. The molecule has 0 spiro atoms. The highest BCUT2D eigenvalue weighted by atomic mass is 32.1. The van der Waals surface area contributed by atoms with E-state index in [-0.39, 0.29) is 40.8 Å². The van der Waals surface area contributed by atoms with Crippen molar-refractivity contribution in [3.8, 4) is 16.9 Å². The zero-order chi connectivity index (χ0) is 34.4. The van der Waals surface area contributed by atoms with Crippen LogP contribution in [0.25, 0.3) is 21.3 Å². The molecule has 2 atom stereocenters. The van der Waals surface area contributed by atoms with Gasteiger partial charge in [0.25, 0.3) is 8.32 Å². The standard InChI is InChI=1S/C35H54N4O5SSi2/c1-34(2,3)46(8,9)43-28-14-12-13-27(28)42-21-29-36-19-24(20-37-29)25-17-18-26-31(30(25)44-47(10,11)35(4,5)6)45-33(38-26)39(22-41-7)32(40)23-15-16-23/h17-20,23,27-28H,12-16,21-22H2,1-11H3/t27-,28?/m0/s1. The van der Waals surface area contributed by atoms with Crippen molar-refractivity contribution in [2.75, 3.05) is 18.7 Å². The molecule has 3 aromatic rings. The van der Waals surface area contributed by atoms with E-state index in [1.165, 1.54) is 11.3 Å². The van der Waals surface area contributed by atoms with Crippen LogP contribution in [-0.4, -0.2) is 63.5 Å². The van der Waals surface area contributed by atoms with Crippen LogP contribution in [0.3, 0.4) is 0 Å². The molecule has 1 unspecified atom stereocenters. The average molecular weight is 699 g/mol. The summed E-state index contributed by atoms with van der Waals surface area (Å²) in [7, 11) is -2.54. The summed E-state index contributed by atoms with van der Waals surface area (Å²) in [6.45, 7) is 23.1. The summed E-state index contributed by atoms with van der Waals surface area (Å²) >= 11 is 1.48. The number of anilines is 1. The number of benzene rings is 1. The van der Waals surface area contributed by atoms with E-state index in [4.69, 9.17) is 33.3 Å². The fourth-order valence-corrected chi connectivity index (χ4v) is 8.75. The topological polar surface area (TPSA) is 95.9 Å². The molecular weight excluding hydrogens is 645 g/mol. The van der Waals surface area contributed by atoms with Gasteiger partial charge in [-0.25, -0.2) is 15.0 Å². The molecule has 5 rings (SSSR count). The first kappa shape index (κ1) is 36.1. The van der Waals surface area contributed by atoms with E-state index < -0.39 is 16.6 Å². The van der Waals surface area contributed by atoms with Crippen molar-refractivity contribution in [1.82, 2.24) is 15.0 Å². The van der Waals surface area contributed by atoms with Crippen molar-refractivity contribution in [2.45, 2.75) is 129 Å². The van der Waals surface area contributed by atoms with Gasteiger partial charge in [-0.3, -0.25) is 9.69 Å². The predicted octanol–water partition coefficient (Wildman–Crippen LogP) is 8.94. The highest BCUT2D eigenvalue weighted by molar-refractivity contribution is 7.22. The quantitative estimate of drug-likeness (QED) is 0.137. The van der Waals surface area contributed by atoms with Crippen LogP contribution in [-0.2, 0) is 25.3 Å². The molecule has 0 saturated heterocycles. The number of methoxy groups -OCH3 is 1. The zero-order valence-corrected chi connectivity index (χ0v) is 33.0. The average Bonchev–Trinajstić information content (AvgIpc) is 3.60. The minimum absolute atomic E-state index is 0.0198. The number of thiazole rings is 1. The van der Waals surface area contributed by atoms with Gasteiger partial charge in [0.2, 0.25) is 5.91 Å². The number of carbonyl (C=O) groups excluding carboxylic acids is 1. The van der Waals surface area contributed by atoms with Gasteiger partial charge in [0.15, 0.2) is 19.3 Å². The van der Waals surface area contributed by atoms with Gasteiger partial charge in [0.05, 0.1) is 22.4 Å². The number of carbonyl (C=O) groups is 1. The molecule has 12 heteroatoms. The lowest BCUT2D eigenvalue weighted by Crippen LogP contribution is -2.46. The van der Waals surface area contributed by atoms with E-state index in [0.717, 1.165) is 59.2 Å². The monoisotopic (exact) mass is 698 g/mol. The summed E-state index contributed by atoms with van der Waals surface area (Å²) in [6.07, 6.45) is 8.88. The Kier molecular flexibility index (Phi) is 10.4. The van der Waals surface area contributed by atoms with Gasteiger partial charge in [-0.2, -0.15) is 0 Å². The summed E-state index contributed by atoms with van der Waals surface area (Å²) in [5.74, 6) is 1.55. The molecule has 0 bridgehead atoms. The zero-order valence-electron chi connectivity index (χ0n) is 30.2. The van der Waals surface area contributed by atoms with Crippen molar-refractivity contribution < 1.29 is 23.1 Å². The van der Waals surface area contributed by atoms with E-state index >= 15 is 0 Å². The van der Waals surface area contributed by atoms with Crippen molar-refractivity contribution in [3.05, 3.63) is 30.4 Å². The predicted molar refractivity (Wildman–Crippen MR) is 195 cm³/mol. The molecule has 9 nitrogen and oxygen atoms in total. The first-order chi connectivity index (χ1) is 21.9. The van der Waals surface area contributed by atoms with Crippen LogP contribution in [0, 0.1) is 5.92 Å². The highest BCUT2D eigenvalue weighted by Crippen LogP contribution is 2.47. The Morgan fingerprint density at radius 3 is 2.17 bits per heavy atom. The van der Waals surface area contributed by atoms with Crippen LogP contribution in [0.1, 0.15) is 79.5 Å². The molecule has 2 aliphatic carbocycles. The Balaban J connectivity index is 1.41. The lowest BCUT2D eigenvalue weighted by molar-refractivity contribution is -0.120. The van der Waals surface area contributed by atoms with Crippen LogP contribution in [0.2, 0.25) is 36.3 Å². The summed E-state index contributed by atoms with van der Waals surface area (Å²) in [6, 6.07) is 4.03. The number of rotatable bonds is 12. The maximum absolute atomic E-state index is 13.2. The van der Waals surface area contributed by atoms with Gasteiger partial charge in [-0.1, -0.05) is 52.9 Å². The van der Waals surface area contributed by atoms with E-state index in [9.17, 15) is 4.79 Å². The van der Waals surface area contributed by atoms with Gasteiger partial charge in [-0.05, 0) is 80.5 Å². The number of aromatic nitrogens is 3. The number of amides is 1. The van der Waals surface area contributed by atoms with Crippen molar-refractivity contribution in [3.63, 3.8) is 0 Å². The number of hydrogen-bond acceptors (Lipinski definition) is 9. The van der Waals surface area contributed by atoms with Crippen LogP contribution >= 0.6 is 11.3 Å². The molecule has 0 N–H and O–H groups in total. The van der Waals surface area contributed by atoms with Crippen molar-refractivity contribution >= 4 is 49.2 Å². The summed E-state index contributed by atoms with van der Waals surface area (Å²) in [5.41, 5.74) is 2.57. The highest BCUT2D eigenvalue weighted by Gasteiger charge is 2.43. The molecule has 2 heterocycles. The molecule has 0 aliphatic heterocycles. The van der Waals surface area contributed by atoms with Gasteiger partial charge in [-0.15, -0.1) is 0 Å². The third-order valence-corrected chi connectivity index (χ3v) is 20.4. The van der Waals surface area contributed by atoms with E-state index in [0.29, 0.717) is 17.6 Å². The summed E-state index contributed by atoms with van der Waals surface area (Å²) in [5, 5.41) is 0.768. The Morgan fingerprint density at radius 2 is 1.57 bits per heavy atom. The second-order valence-electron chi connectivity index (χ2n) is 16.2. The minimum Gasteiger partial charge on any atom is -0.542 e. The summed E-state index contributed by atoms with van der Waals surface area (Å²) < 4.78 is 26.5. The Bertz CT molecular complexity index is 1560. The number of nitrogens with zero attached hydrogens (tertiary/aromatic N) is 4. The molecule has 2 fully saturated rings. The Morgan fingerprint density at radius 1 is 0.936 bits per heavy atom. The van der Waals surface area contributed by atoms with Crippen LogP contribution in [0.4, 0.5) is 5.13 Å². The lowest BCUT2D eigenvalue weighted by atomic mass is 10.1. The van der Waals surface area contributed by atoms with Crippen LogP contribution in [0.5, 0.6) is 5.75 Å². The van der Waals surface area contributed by atoms with Gasteiger partial charge < -0.3 is 18.3 Å². The number of hydrogen-bond donors (Lipinski definition) is 0. The molecule has 2 saturated carbocycles. The largest absolute Gasteiger partial charge is 0.542 e. The molecule has 2 aliphatic rings. The Labute approximate surface area is 287 Å². The fourth-order valence-electron chi connectivity index (χ4n) is 5.22. The fraction of sp³-hybridized carbons (Fsp3) is 0.657. The third kappa shape index (κ3) is 7.99. The molecule has 0 radical (unpaired) electrons. The van der Waals surface area contributed by atoms with Crippen LogP contribution < -0.4 is 9.33 Å². The maximum Gasteiger partial charge on any atom is 0.250 e. The summed E-state index contributed by atoms with van der Waals surface area (Å²) in [4.78, 5) is 29.2. The smallest absolute Gasteiger partial charge is 0.250 e. The van der Waals surface area contributed by atoms with Gasteiger partial charge in [0.1, 0.15) is 19.1 Å². The van der Waals surface area contributed by atoms with Crippen LogP contribution in [0.15, 0.2) is 24.5 Å². The van der Waals surface area contributed by atoms with E-state index in [2.05, 4.69) is 67.7 Å².